The van der Waals surface area contributed by atoms with Gasteiger partial charge in [0.15, 0.2) is 11.5 Å². The molecule has 0 aliphatic rings. The van der Waals surface area contributed by atoms with E-state index in [2.05, 4.69) is 11.9 Å². The van der Waals surface area contributed by atoms with Crippen molar-refractivity contribution >= 4 is 5.97 Å². The molecule has 1 N–H and O–H groups in total. The number of benzene rings is 1. The van der Waals surface area contributed by atoms with Crippen LogP contribution in [0.25, 0.3) is 11.1 Å². The summed E-state index contributed by atoms with van der Waals surface area (Å²) >= 11 is 0. The Balaban J connectivity index is 2.02. The third-order valence-electron chi connectivity index (χ3n) is 4.69. The zero-order valence-electron chi connectivity index (χ0n) is 16.2. The highest BCUT2D eigenvalue weighted by atomic mass is 19.1. The highest BCUT2D eigenvalue weighted by Gasteiger charge is 2.21. The second kappa shape index (κ2) is 10.9. The SMILES string of the molecule is CCCCCCCCCc1ccc(F)c(-c2c[nH]c(C(=O)OCC)c2F)c1. The summed E-state index contributed by atoms with van der Waals surface area (Å²) in [5.74, 6) is -2.06. The Morgan fingerprint density at radius 2 is 1.70 bits per heavy atom. The molecule has 0 aliphatic heterocycles. The predicted molar refractivity (Wildman–Crippen MR) is 104 cm³/mol. The van der Waals surface area contributed by atoms with Crippen molar-refractivity contribution in [2.24, 2.45) is 0 Å². The largest absolute Gasteiger partial charge is 0.461 e. The lowest BCUT2D eigenvalue weighted by atomic mass is 10.00. The molecule has 1 heterocycles. The lowest BCUT2D eigenvalue weighted by molar-refractivity contribution is 0.0515. The molecule has 2 rings (SSSR count). The summed E-state index contributed by atoms with van der Waals surface area (Å²) in [6.45, 7) is 4.00. The van der Waals surface area contributed by atoms with Crippen molar-refractivity contribution in [3.8, 4) is 11.1 Å². The summed E-state index contributed by atoms with van der Waals surface area (Å²) in [5.41, 5.74) is 0.915. The Morgan fingerprint density at radius 3 is 2.41 bits per heavy atom. The van der Waals surface area contributed by atoms with Gasteiger partial charge in [0.05, 0.1) is 6.61 Å². The minimum absolute atomic E-state index is 0.0527. The molecule has 5 heteroatoms. The quantitative estimate of drug-likeness (QED) is 0.362. The van der Waals surface area contributed by atoms with E-state index in [0.717, 1.165) is 24.8 Å². The molecule has 3 nitrogen and oxygen atoms in total. The van der Waals surface area contributed by atoms with Crippen molar-refractivity contribution in [1.29, 1.82) is 0 Å². The molecule has 0 spiro atoms. The van der Waals surface area contributed by atoms with Crippen molar-refractivity contribution in [2.75, 3.05) is 6.61 Å². The highest BCUT2D eigenvalue weighted by molar-refractivity contribution is 5.90. The van der Waals surface area contributed by atoms with E-state index in [1.54, 1.807) is 19.1 Å². The van der Waals surface area contributed by atoms with Gasteiger partial charge in [0.25, 0.3) is 0 Å². The van der Waals surface area contributed by atoms with Crippen molar-refractivity contribution in [2.45, 2.75) is 65.2 Å². The molecule has 1 aromatic carbocycles. The van der Waals surface area contributed by atoms with Crippen LogP contribution >= 0.6 is 0 Å². The van der Waals surface area contributed by atoms with E-state index >= 15 is 0 Å². The summed E-state index contributed by atoms with van der Waals surface area (Å²) in [7, 11) is 0. The Bertz CT molecular complexity index is 740. The van der Waals surface area contributed by atoms with Crippen molar-refractivity contribution in [3.05, 3.63) is 47.3 Å². The first-order chi connectivity index (χ1) is 13.1. The lowest BCUT2D eigenvalue weighted by Gasteiger charge is -2.07. The van der Waals surface area contributed by atoms with Gasteiger partial charge in [-0.2, -0.15) is 0 Å². The molecule has 2 aromatic rings. The van der Waals surface area contributed by atoms with Gasteiger partial charge in [-0.3, -0.25) is 0 Å². The molecule has 0 fully saturated rings. The van der Waals surface area contributed by atoms with Crippen molar-refractivity contribution < 1.29 is 18.3 Å². The monoisotopic (exact) mass is 377 g/mol. The number of ether oxygens (including phenoxy) is 1. The van der Waals surface area contributed by atoms with Gasteiger partial charge in [-0.05, 0) is 37.5 Å². The van der Waals surface area contributed by atoms with Gasteiger partial charge >= 0.3 is 5.97 Å². The number of nitrogens with one attached hydrogen (secondary N) is 1. The average Bonchev–Trinajstić information content (AvgIpc) is 3.04. The predicted octanol–water partition coefficient (Wildman–Crippen LogP) is 6.43. The number of unbranched alkanes of at least 4 members (excludes halogenated alkanes) is 6. The fraction of sp³-hybridized carbons (Fsp3) is 0.500. The van der Waals surface area contributed by atoms with Crippen LogP contribution in [0.15, 0.2) is 24.4 Å². The minimum atomic E-state index is -0.777. The topological polar surface area (TPSA) is 42.1 Å². The van der Waals surface area contributed by atoms with Crippen molar-refractivity contribution in [3.63, 3.8) is 0 Å². The summed E-state index contributed by atoms with van der Waals surface area (Å²) in [4.78, 5) is 14.3. The molecule has 1 aromatic heterocycles. The first kappa shape index (κ1) is 21.1. The molecular weight excluding hydrogens is 348 g/mol. The van der Waals surface area contributed by atoms with Crippen LogP contribution in [0.3, 0.4) is 0 Å². The van der Waals surface area contributed by atoms with Crippen LogP contribution in [0.5, 0.6) is 0 Å². The number of rotatable bonds is 11. The maximum atomic E-state index is 14.6. The van der Waals surface area contributed by atoms with E-state index in [0.29, 0.717) is 0 Å². The Morgan fingerprint density at radius 1 is 1.00 bits per heavy atom. The number of esters is 1. The molecule has 0 atom stereocenters. The van der Waals surface area contributed by atoms with Crippen LogP contribution in [0.2, 0.25) is 0 Å². The molecule has 148 valence electrons. The van der Waals surface area contributed by atoms with Gasteiger partial charge in [-0.15, -0.1) is 0 Å². The number of hydrogen-bond donors (Lipinski definition) is 1. The van der Waals surface area contributed by atoms with E-state index in [-0.39, 0.29) is 23.4 Å². The molecule has 0 radical (unpaired) electrons. The van der Waals surface area contributed by atoms with E-state index < -0.39 is 17.6 Å². The molecule has 0 saturated heterocycles. The molecule has 0 bridgehead atoms. The van der Waals surface area contributed by atoms with Crippen LogP contribution in [0.4, 0.5) is 8.78 Å². The summed E-state index contributed by atoms with van der Waals surface area (Å²) in [6, 6.07) is 4.78. The summed E-state index contributed by atoms with van der Waals surface area (Å²) in [6.07, 6.45) is 10.6. The van der Waals surface area contributed by atoms with Crippen LogP contribution in [0, 0.1) is 11.6 Å². The second-order valence-electron chi connectivity index (χ2n) is 6.80. The summed E-state index contributed by atoms with van der Waals surface area (Å²) < 4.78 is 33.6. The third kappa shape index (κ3) is 5.91. The number of carbonyl (C=O) groups excluding carboxylic acids is 1. The number of H-pyrrole nitrogens is 1. The van der Waals surface area contributed by atoms with Crippen LogP contribution < -0.4 is 0 Å². The molecule has 0 amide bonds. The Kier molecular flexibility index (Phi) is 8.49. The minimum Gasteiger partial charge on any atom is -0.461 e. The maximum Gasteiger partial charge on any atom is 0.357 e. The van der Waals surface area contributed by atoms with Crippen molar-refractivity contribution in [1.82, 2.24) is 4.98 Å². The van der Waals surface area contributed by atoms with E-state index in [1.807, 2.05) is 0 Å². The number of hydrogen-bond acceptors (Lipinski definition) is 2. The Hall–Kier alpha value is -2.17. The fourth-order valence-electron chi connectivity index (χ4n) is 3.17. The van der Waals surface area contributed by atoms with Gasteiger partial charge in [0.2, 0.25) is 0 Å². The van der Waals surface area contributed by atoms with Crippen LogP contribution in [-0.4, -0.2) is 17.6 Å². The maximum absolute atomic E-state index is 14.6. The first-order valence-electron chi connectivity index (χ1n) is 9.91. The zero-order valence-corrected chi connectivity index (χ0v) is 16.2. The normalized spacial score (nSPS) is 11.0. The van der Waals surface area contributed by atoms with E-state index in [4.69, 9.17) is 4.74 Å². The number of aromatic nitrogens is 1. The number of halogens is 2. The molecule has 0 aliphatic carbocycles. The highest BCUT2D eigenvalue weighted by Crippen LogP contribution is 2.29. The number of aromatic amines is 1. The molecule has 0 saturated carbocycles. The first-order valence-corrected chi connectivity index (χ1v) is 9.91. The number of aryl methyl sites for hydroxylation is 1. The van der Waals surface area contributed by atoms with E-state index in [9.17, 15) is 13.6 Å². The zero-order chi connectivity index (χ0) is 19.6. The van der Waals surface area contributed by atoms with E-state index in [1.165, 1.54) is 44.4 Å². The van der Waals surface area contributed by atoms with Gasteiger partial charge in [-0.25, -0.2) is 13.6 Å². The van der Waals surface area contributed by atoms with Gasteiger partial charge < -0.3 is 9.72 Å². The molecule has 0 unspecified atom stereocenters. The Labute approximate surface area is 160 Å². The van der Waals surface area contributed by atoms with Crippen LogP contribution in [-0.2, 0) is 11.2 Å². The number of carbonyl (C=O) groups is 1. The van der Waals surface area contributed by atoms with Gasteiger partial charge in [0.1, 0.15) is 5.82 Å². The second-order valence-corrected chi connectivity index (χ2v) is 6.80. The standard InChI is InChI=1S/C22H29F2NO2/c1-3-5-6-7-8-9-10-11-16-12-13-19(23)17(14-16)18-15-25-21(20(18)24)22(26)27-4-2/h12-15,25H,3-11H2,1-2H3. The van der Waals surface area contributed by atoms with Gasteiger partial charge in [0, 0.05) is 17.3 Å². The fourth-order valence-corrected chi connectivity index (χ4v) is 3.17. The van der Waals surface area contributed by atoms with Gasteiger partial charge in [-0.1, -0.05) is 51.5 Å². The summed E-state index contributed by atoms with van der Waals surface area (Å²) in [5, 5.41) is 0. The third-order valence-corrected chi connectivity index (χ3v) is 4.69. The smallest absolute Gasteiger partial charge is 0.357 e. The lowest BCUT2D eigenvalue weighted by Crippen LogP contribution is -2.07. The molecular formula is C22H29F2NO2. The average molecular weight is 377 g/mol. The molecule has 27 heavy (non-hydrogen) atoms. The van der Waals surface area contributed by atoms with Crippen LogP contribution in [0.1, 0.15) is 74.8 Å².